The number of fused-ring (bicyclic) bond motifs is 5. The minimum atomic E-state index is -0.811. The first-order valence-corrected chi connectivity index (χ1v) is 13.0. The molecular formula is C28H38O9. The third-order valence-electron chi connectivity index (χ3n) is 9.27. The highest BCUT2D eigenvalue weighted by molar-refractivity contribution is 5.68. The predicted molar refractivity (Wildman–Crippen MR) is 130 cm³/mol. The zero-order valence-corrected chi connectivity index (χ0v) is 22.6. The fraction of sp³-hybridized carbons (Fsp3) is 0.714. The number of carbonyl (C=O) groups excluding carboxylic acids is 4. The Morgan fingerprint density at radius 3 is 2.14 bits per heavy atom. The quantitative estimate of drug-likeness (QED) is 0.408. The second-order valence-corrected chi connectivity index (χ2v) is 11.6. The first-order chi connectivity index (χ1) is 17.3. The lowest BCUT2D eigenvalue weighted by Gasteiger charge is -2.66. The molecule has 7 unspecified atom stereocenters. The van der Waals surface area contributed by atoms with Crippen LogP contribution in [0.15, 0.2) is 16.9 Å². The summed E-state index contributed by atoms with van der Waals surface area (Å²) >= 11 is 0. The molecule has 37 heavy (non-hydrogen) atoms. The van der Waals surface area contributed by atoms with E-state index in [4.69, 9.17) is 23.4 Å². The Morgan fingerprint density at radius 1 is 0.865 bits per heavy atom. The van der Waals surface area contributed by atoms with E-state index in [2.05, 4.69) is 6.92 Å². The van der Waals surface area contributed by atoms with E-state index in [0.717, 1.165) is 30.4 Å². The van der Waals surface area contributed by atoms with E-state index < -0.39 is 46.4 Å². The van der Waals surface area contributed by atoms with Gasteiger partial charge in [0.05, 0.1) is 12.5 Å². The lowest BCUT2D eigenvalue weighted by Crippen LogP contribution is -2.68. The Labute approximate surface area is 217 Å². The van der Waals surface area contributed by atoms with Crippen LogP contribution in [0.3, 0.4) is 0 Å². The van der Waals surface area contributed by atoms with E-state index in [1.165, 1.54) is 27.7 Å². The van der Waals surface area contributed by atoms with Gasteiger partial charge in [0.1, 0.15) is 25.4 Å². The van der Waals surface area contributed by atoms with Gasteiger partial charge in [0.25, 0.3) is 0 Å². The van der Waals surface area contributed by atoms with Gasteiger partial charge in [-0.25, -0.2) is 0 Å². The molecule has 9 heteroatoms. The van der Waals surface area contributed by atoms with E-state index in [-0.39, 0.29) is 31.0 Å². The van der Waals surface area contributed by atoms with Crippen LogP contribution in [0, 0.1) is 22.7 Å². The smallest absolute Gasteiger partial charge is 0.303 e. The average molecular weight is 519 g/mol. The molecule has 9 nitrogen and oxygen atoms in total. The molecule has 1 aromatic heterocycles. The molecule has 0 N–H and O–H groups in total. The molecule has 0 saturated heterocycles. The molecule has 3 aliphatic rings. The first-order valence-electron chi connectivity index (χ1n) is 13.0. The van der Waals surface area contributed by atoms with Crippen molar-refractivity contribution in [3.8, 4) is 0 Å². The topological polar surface area (TPSA) is 118 Å². The van der Waals surface area contributed by atoms with Gasteiger partial charge in [0.2, 0.25) is 0 Å². The van der Waals surface area contributed by atoms with E-state index in [9.17, 15) is 19.2 Å². The predicted octanol–water partition coefficient (Wildman–Crippen LogP) is 3.90. The highest BCUT2D eigenvalue weighted by Gasteiger charge is 2.68. The van der Waals surface area contributed by atoms with E-state index in [0.29, 0.717) is 12.8 Å². The van der Waals surface area contributed by atoms with Crippen molar-refractivity contribution in [2.24, 2.45) is 22.7 Å². The summed E-state index contributed by atoms with van der Waals surface area (Å²) in [5.41, 5.74) is 0.499. The Hall–Kier alpha value is -2.84. The number of esters is 4. The van der Waals surface area contributed by atoms with Crippen molar-refractivity contribution < 1.29 is 42.5 Å². The van der Waals surface area contributed by atoms with Gasteiger partial charge in [-0.3, -0.25) is 19.2 Å². The minimum Gasteiger partial charge on any atom is -0.472 e. The Bertz CT molecular complexity index is 1080. The van der Waals surface area contributed by atoms with E-state index >= 15 is 0 Å². The fourth-order valence-electron chi connectivity index (χ4n) is 8.12. The summed E-state index contributed by atoms with van der Waals surface area (Å²) in [6.07, 6.45) is 5.59. The second kappa shape index (κ2) is 9.80. The van der Waals surface area contributed by atoms with Gasteiger partial charge in [-0.2, -0.15) is 0 Å². The lowest BCUT2D eigenvalue weighted by atomic mass is 9.39. The third-order valence-corrected chi connectivity index (χ3v) is 9.27. The van der Waals surface area contributed by atoms with Crippen molar-refractivity contribution in [2.75, 3.05) is 13.2 Å². The SMILES string of the molecule is CC(=O)OCC12CCC3C(C)(COC(C)=O)C(OC(C)=O)C(OC(C)=O)CC3(C)C1CCc1cocc12. The molecule has 1 heterocycles. The Balaban J connectivity index is 1.84. The number of furan rings is 1. The van der Waals surface area contributed by atoms with Gasteiger partial charge in [0, 0.05) is 44.1 Å². The standard InChI is InChI=1S/C28H38O9/c1-16(29)34-14-27(6)23-9-10-28(15-35-17(2)30)21-13-33-12-20(21)7-8-24(28)26(23,5)11-22(36-18(3)31)25(27)37-19(4)32/h12-13,22-25H,7-11,14-15H2,1-6H3. The van der Waals surface area contributed by atoms with E-state index in [1.54, 1.807) is 12.5 Å². The summed E-state index contributed by atoms with van der Waals surface area (Å²) in [6, 6.07) is 0. The van der Waals surface area contributed by atoms with Crippen LogP contribution in [0.4, 0.5) is 0 Å². The highest BCUT2D eigenvalue weighted by atomic mass is 16.6. The number of rotatable bonds is 6. The van der Waals surface area contributed by atoms with Gasteiger partial charge < -0.3 is 23.4 Å². The van der Waals surface area contributed by atoms with Crippen LogP contribution < -0.4 is 0 Å². The van der Waals surface area contributed by atoms with Crippen LogP contribution in [-0.4, -0.2) is 49.3 Å². The van der Waals surface area contributed by atoms with Gasteiger partial charge >= 0.3 is 23.9 Å². The van der Waals surface area contributed by atoms with Crippen LogP contribution in [0.2, 0.25) is 0 Å². The molecule has 2 fully saturated rings. The molecule has 1 aromatic rings. The molecular weight excluding hydrogens is 480 g/mol. The number of carbonyl (C=O) groups is 4. The number of ether oxygens (including phenoxy) is 4. The molecule has 0 spiro atoms. The van der Waals surface area contributed by atoms with Crippen molar-refractivity contribution in [1.29, 1.82) is 0 Å². The van der Waals surface area contributed by atoms with Crippen LogP contribution in [-0.2, 0) is 50.0 Å². The van der Waals surface area contributed by atoms with Crippen molar-refractivity contribution in [1.82, 2.24) is 0 Å². The maximum Gasteiger partial charge on any atom is 0.303 e. The van der Waals surface area contributed by atoms with Crippen LogP contribution >= 0.6 is 0 Å². The molecule has 204 valence electrons. The summed E-state index contributed by atoms with van der Waals surface area (Å²) in [5, 5.41) is 0. The van der Waals surface area contributed by atoms with Gasteiger partial charge in [0.15, 0.2) is 0 Å². The monoisotopic (exact) mass is 518 g/mol. The zero-order valence-electron chi connectivity index (χ0n) is 22.6. The van der Waals surface area contributed by atoms with E-state index in [1.807, 2.05) is 6.92 Å². The van der Waals surface area contributed by atoms with Gasteiger partial charge in [-0.15, -0.1) is 0 Å². The Morgan fingerprint density at radius 2 is 1.51 bits per heavy atom. The summed E-state index contributed by atoms with van der Waals surface area (Å²) in [6.45, 7) is 9.85. The van der Waals surface area contributed by atoms with Gasteiger partial charge in [-0.1, -0.05) is 13.8 Å². The maximum absolute atomic E-state index is 12.2. The molecule has 0 amide bonds. The molecule has 3 aliphatic carbocycles. The number of hydrogen-bond donors (Lipinski definition) is 0. The highest BCUT2D eigenvalue weighted by Crippen LogP contribution is 2.67. The van der Waals surface area contributed by atoms with Crippen LogP contribution in [0.1, 0.15) is 78.4 Å². The average Bonchev–Trinajstić information content (AvgIpc) is 3.28. The largest absolute Gasteiger partial charge is 0.472 e. The summed E-state index contributed by atoms with van der Waals surface area (Å²) in [4.78, 5) is 48.3. The van der Waals surface area contributed by atoms with Crippen LogP contribution in [0.5, 0.6) is 0 Å². The molecule has 7 atom stereocenters. The lowest BCUT2D eigenvalue weighted by molar-refractivity contribution is -0.243. The second-order valence-electron chi connectivity index (χ2n) is 11.6. The fourth-order valence-corrected chi connectivity index (χ4v) is 8.12. The molecule has 0 bridgehead atoms. The molecule has 0 aromatic carbocycles. The maximum atomic E-state index is 12.2. The Kier molecular flexibility index (Phi) is 7.20. The number of hydrogen-bond acceptors (Lipinski definition) is 9. The molecule has 4 rings (SSSR count). The molecule has 0 aliphatic heterocycles. The molecule has 2 saturated carbocycles. The molecule has 0 radical (unpaired) electrons. The minimum absolute atomic E-state index is 0.0267. The summed E-state index contributed by atoms with van der Waals surface area (Å²) in [7, 11) is 0. The van der Waals surface area contributed by atoms with Crippen molar-refractivity contribution >= 4 is 23.9 Å². The summed E-state index contributed by atoms with van der Waals surface area (Å²) < 4.78 is 28.6. The third kappa shape index (κ3) is 4.66. The van der Waals surface area contributed by atoms with Gasteiger partial charge in [-0.05, 0) is 54.9 Å². The van der Waals surface area contributed by atoms with Crippen LogP contribution in [0.25, 0.3) is 0 Å². The summed E-state index contributed by atoms with van der Waals surface area (Å²) in [5.74, 6) is -1.70. The van der Waals surface area contributed by atoms with Crippen molar-refractivity contribution in [2.45, 2.75) is 91.3 Å². The van der Waals surface area contributed by atoms with Crippen molar-refractivity contribution in [3.05, 3.63) is 23.7 Å². The zero-order chi connectivity index (χ0) is 27.2. The first kappa shape index (κ1) is 27.2. The van der Waals surface area contributed by atoms with Crippen molar-refractivity contribution in [3.63, 3.8) is 0 Å². The normalized spacial score (nSPS) is 36.3. The number of aryl methyl sites for hydroxylation is 1.